The summed E-state index contributed by atoms with van der Waals surface area (Å²) >= 11 is 6.36. The Labute approximate surface area is 216 Å². The molecule has 186 valence electrons. The molecule has 3 unspecified atom stereocenters. The summed E-state index contributed by atoms with van der Waals surface area (Å²) < 4.78 is 5.28. The van der Waals surface area contributed by atoms with Gasteiger partial charge in [-0.3, -0.25) is 9.59 Å². The highest BCUT2D eigenvalue weighted by Crippen LogP contribution is 2.60. The topological polar surface area (TPSA) is 75.6 Å². The number of ether oxygens (including phenoxy) is 1. The Balaban J connectivity index is 1.43. The van der Waals surface area contributed by atoms with Crippen LogP contribution < -0.4 is 10.1 Å². The fourth-order valence-electron chi connectivity index (χ4n) is 6.31. The Morgan fingerprint density at radius 1 is 1.00 bits per heavy atom. The van der Waals surface area contributed by atoms with Gasteiger partial charge in [-0.2, -0.15) is 0 Å². The van der Waals surface area contributed by atoms with Gasteiger partial charge < -0.3 is 15.2 Å². The summed E-state index contributed by atoms with van der Waals surface area (Å²) in [5.41, 5.74) is 5.21. The zero-order valence-electron chi connectivity index (χ0n) is 20.3. The number of aliphatic carboxylic acids is 1. The number of carboxylic acid groups (broad SMARTS) is 1. The first kappa shape index (κ1) is 24.4. The number of amides is 1. The van der Waals surface area contributed by atoms with Gasteiger partial charge in [-0.1, -0.05) is 60.5 Å². The van der Waals surface area contributed by atoms with Gasteiger partial charge in [-0.25, -0.2) is 0 Å². The van der Waals surface area contributed by atoms with Gasteiger partial charge in [0.2, 0.25) is 0 Å². The predicted molar refractivity (Wildman–Crippen MR) is 141 cm³/mol. The molecule has 3 aromatic rings. The number of hydrogen-bond donors (Lipinski definition) is 2. The summed E-state index contributed by atoms with van der Waals surface area (Å²) in [6.45, 7) is 0.120. The standard InChI is InChI=1S/C30H30ClNO4/c1-36-27-13-7-22(17-26(27)31)20-3-9-23(10-4-20)30(18-19-2-8-25(30)16-19)24-11-5-21(6-12-24)29(35)32-15-14-28(33)34/h3-7,9-13,17,19,25H,2,8,14-16,18H2,1H3,(H,32,35)(H,33,34). The maximum absolute atomic E-state index is 12.5. The molecule has 3 atom stereocenters. The van der Waals surface area contributed by atoms with Crippen LogP contribution >= 0.6 is 11.6 Å². The molecule has 0 aromatic heterocycles. The van der Waals surface area contributed by atoms with Crippen molar-refractivity contribution >= 4 is 23.5 Å². The van der Waals surface area contributed by atoms with Crippen LogP contribution in [0.15, 0.2) is 66.7 Å². The molecule has 5 rings (SSSR count). The van der Waals surface area contributed by atoms with E-state index in [4.69, 9.17) is 21.4 Å². The summed E-state index contributed by atoms with van der Waals surface area (Å²) in [6, 6.07) is 22.6. The lowest BCUT2D eigenvalue weighted by Crippen LogP contribution is -2.34. The van der Waals surface area contributed by atoms with Crippen LogP contribution in [0.1, 0.15) is 53.6 Å². The van der Waals surface area contributed by atoms with Gasteiger partial charge >= 0.3 is 5.97 Å². The van der Waals surface area contributed by atoms with Gasteiger partial charge in [0.15, 0.2) is 0 Å². The molecule has 2 N–H and O–H groups in total. The fourth-order valence-corrected chi connectivity index (χ4v) is 6.57. The Morgan fingerprint density at radius 2 is 1.67 bits per heavy atom. The molecule has 0 spiro atoms. The summed E-state index contributed by atoms with van der Waals surface area (Å²) in [5.74, 6) is 0.808. The normalized spacial score (nSPS) is 22.4. The quantitative estimate of drug-likeness (QED) is 0.377. The molecule has 6 heteroatoms. The summed E-state index contributed by atoms with van der Waals surface area (Å²) in [7, 11) is 1.61. The van der Waals surface area contributed by atoms with Crippen molar-refractivity contribution in [1.82, 2.24) is 5.32 Å². The molecule has 2 aliphatic carbocycles. The van der Waals surface area contributed by atoms with Crippen LogP contribution in [0.25, 0.3) is 11.1 Å². The first-order chi connectivity index (χ1) is 17.4. The van der Waals surface area contributed by atoms with Crippen LogP contribution in [0.4, 0.5) is 0 Å². The number of fused-ring (bicyclic) bond motifs is 2. The lowest BCUT2D eigenvalue weighted by Gasteiger charge is -2.39. The van der Waals surface area contributed by atoms with Crippen LogP contribution in [0.2, 0.25) is 5.02 Å². The minimum absolute atomic E-state index is 0.0582. The zero-order chi connectivity index (χ0) is 25.3. The molecule has 0 heterocycles. The largest absolute Gasteiger partial charge is 0.495 e. The molecule has 1 amide bonds. The average molecular weight is 504 g/mol. The number of benzene rings is 3. The molecule has 2 aliphatic rings. The summed E-state index contributed by atoms with van der Waals surface area (Å²) in [4.78, 5) is 23.2. The molecule has 2 saturated carbocycles. The monoisotopic (exact) mass is 503 g/mol. The van der Waals surface area contributed by atoms with Crippen molar-refractivity contribution < 1.29 is 19.4 Å². The third kappa shape index (κ3) is 4.48. The number of methoxy groups -OCH3 is 1. The van der Waals surface area contributed by atoms with E-state index in [1.165, 1.54) is 30.4 Å². The molecule has 3 aromatic carbocycles. The minimum Gasteiger partial charge on any atom is -0.495 e. The van der Waals surface area contributed by atoms with E-state index < -0.39 is 5.97 Å². The minimum atomic E-state index is -0.926. The SMILES string of the molecule is COc1ccc(-c2ccc(C3(c4ccc(C(=O)NCCC(=O)O)cc4)CC4CCC3C4)cc2)cc1Cl. The third-order valence-electron chi connectivity index (χ3n) is 8.02. The number of hydrogen-bond acceptors (Lipinski definition) is 3. The number of carbonyl (C=O) groups excluding carboxylic acids is 1. The van der Waals surface area contributed by atoms with Crippen molar-refractivity contribution in [3.63, 3.8) is 0 Å². The van der Waals surface area contributed by atoms with Crippen molar-refractivity contribution in [2.75, 3.05) is 13.7 Å². The van der Waals surface area contributed by atoms with E-state index in [9.17, 15) is 9.59 Å². The molecule has 0 aliphatic heterocycles. The van der Waals surface area contributed by atoms with Gasteiger partial charge in [-0.15, -0.1) is 0 Å². The highest BCUT2D eigenvalue weighted by molar-refractivity contribution is 6.32. The highest BCUT2D eigenvalue weighted by atomic mass is 35.5. The second-order valence-corrected chi connectivity index (χ2v) is 10.4. The first-order valence-electron chi connectivity index (χ1n) is 12.5. The maximum atomic E-state index is 12.5. The van der Waals surface area contributed by atoms with E-state index in [-0.39, 0.29) is 24.3 Å². The van der Waals surface area contributed by atoms with Crippen molar-refractivity contribution in [1.29, 1.82) is 0 Å². The van der Waals surface area contributed by atoms with Gasteiger partial charge in [0, 0.05) is 17.5 Å². The van der Waals surface area contributed by atoms with Crippen LogP contribution in [0.3, 0.4) is 0 Å². The fraction of sp³-hybridized carbons (Fsp3) is 0.333. The van der Waals surface area contributed by atoms with E-state index in [0.717, 1.165) is 23.5 Å². The number of rotatable bonds is 8. The molecule has 0 radical (unpaired) electrons. The lowest BCUT2D eigenvalue weighted by molar-refractivity contribution is -0.136. The molecular formula is C30H30ClNO4. The van der Waals surface area contributed by atoms with Crippen molar-refractivity contribution in [3.8, 4) is 16.9 Å². The van der Waals surface area contributed by atoms with Crippen molar-refractivity contribution in [2.24, 2.45) is 11.8 Å². The molecule has 36 heavy (non-hydrogen) atoms. The molecule has 2 fully saturated rings. The van der Waals surface area contributed by atoms with Crippen LogP contribution in [0, 0.1) is 11.8 Å². The number of carbonyl (C=O) groups is 2. The van der Waals surface area contributed by atoms with E-state index in [0.29, 0.717) is 22.3 Å². The zero-order valence-corrected chi connectivity index (χ0v) is 21.1. The molecular weight excluding hydrogens is 474 g/mol. The Morgan fingerprint density at radius 3 is 2.22 bits per heavy atom. The van der Waals surface area contributed by atoms with Crippen molar-refractivity contribution in [2.45, 2.75) is 37.5 Å². The molecule has 2 bridgehead atoms. The Kier molecular flexibility index (Phi) is 6.76. The Bertz CT molecular complexity index is 1270. The maximum Gasteiger partial charge on any atom is 0.305 e. The first-order valence-corrected chi connectivity index (χ1v) is 12.8. The van der Waals surface area contributed by atoms with Crippen LogP contribution in [0.5, 0.6) is 5.75 Å². The lowest BCUT2D eigenvalue weighted by atomic mass is 9.64. The van der Waals surface area contributed by atoms with Gasteiger partial charge in [0.1, 0.15) is 5.75 Å². The van der Waals surface area contributed by atoms with Crippen LogP contribution in [-0.2, 0) is 10.2 Å². The third-order valence-corrected chi connectivity index (χ3v) is 8.32. The van der Waals surface area contributed by atoms with Gasteiger partial charge in [0.25, 0.3) is 5.91 Å². The summed E-state index contributed by atoms with van der Waals surface area (Å²) in [5, 5.41) is 12.1. The van der Waals surface area contributed by atoms with Crippen LogP contribution in [-0.4, -0.2) is 30.6 Å². The summed E-state index contributed by atoms with van der Waals surface area (Å²) in [6.07, 6.45) is 4.79. The molecule has 0 saturated heterocycles. The van der Waals surface area contributed by atoms with Gasteiger partial charge in [0.05, 0.1) is 18.6 Å². The average Bonchev–Trinajstić information content (AvgIpc) is 3.51. The Hall–Kier alpha value is -3.31. The second kappa shape index (κ2) is 9.98. The number of nitrogens with one attached hydrogen (secondary N) is 1. The predicted octanol–water partition coefficient (Wildman–Crippen LogP) is 6.33. The number of carboxylic acids is 1. The van der Waals surface area contributed by atoms with E-state index in [2.05, 4.69) is 41.7 Å². The smallest absolute Gasteiger partial charge is 0.305 e. The van der Waals surface area contributed by atoms with E-state index in [1.54, 1.807) is 7.11 Å². The highest BCUT2D eigenvalue weighted by Gasteiger charge is 2.52. The number of halogens is 1. The van der Waals surface area contributed by atoms with E-state index in [1.807, 2.05) is 30.3 Å². The van der Waals surface area contributed by atoms with E-state index >= 15 is 0 Å². The van der Waals surface area contributed by atoms with Crippen molar-refractivity contribution in [3.05, 3.63) is 88.4 Å². The second-order valence-electron chi connectivity index (χ2n) is 9.96. The van der Waals surface area contributed by atoms with Gasteiger partial charge in [-0.05, 0) is 77.6 Å². The molecule has 5 nitrogen and oxygen atoms in total.